The Kier molecular flexibility index (Phi) is 6.00. The van der Waals surface area contributed by atoms with Crippen molar-refractivity contribution in [1.29, 1.82) is 0 Å². The van der Waals surface area contributed by atoms with E-state index in [2.05, 4.69) is 16.2 Å². The highest BCUT2D eigenvalue weighted by atomic mass is 35.5. The minimum atomic E-state index is 0.419. The Morgan fingerprint density at radius 3 is 2.46 bits per heavy atom. The van der Waals surface area contributed by atoms with Crippen molar-refractivity contribution < 1.29 is 4.74 Å². The molecule has 2 aliphatic heterocycles. The number of ether oxygens (including phenoxy) is 1. The van der Waals surface area contributed by atoms with Crippen LogP contribution in [0.2, 0.25) is 0 Å². The predicted octanol–water partition coefficient (Wildman–Crippen LogP) is 3.02. The molecule has 138 valence electrons. The van der Waals surface area contributed by atoms with Gasteiger partial charge in [0.05, 0.1) is 12.8 Å². The molecule has 0 spiro atoms. The van der Waals surface area contributed by atoms with Gasteiger partial charge in [0.15, 0.2) is 0 Å². The van der Waals surface area contributed by atoms with Crippen LogP contribution in [0.5, 0.6) is 0 Å². The number of nitrogens with one attached hydrogen (secondary N) is 3. The summed E-state index contributed by atoms with van der Waals surface area (Å²) in [5, 5.41) is 4.24. The number of halogens is 1. The third-order valence-electron chi connectivity index (χ3n) is 7.03. The van der Waals surface area contributed by atoms with Crippen molar-refractivity contribution in [3.63, 3.8) is 0 Å². The summed E-state index contributed by atoms with van der Waals surface area (Å²) in [4.78, 5) is 0. The van der Waals surface area contributed by atoms with Gasteiger partial charge in [0.1, 0.15) is 0 Å². The van der Waals surface area contributed by atoms with Crippen molar-refractivity contribution in [1.82, 2.24) is 16.2 Å². The maximum atomic E-state index is 6.33. The molecular formula is C19H34ClN3O. The number of hydrogen-bond acceptors (Lipinski definition) is 4. The molecule has 4 nitrogen and oxygen atoms in total. The Labute approximate surface area is 151 Å². The van der Waals surface area contributed by atoms with Crippen LogP contribution >= 0.6 is 11.6 Å². The zero-order valence-electron chi connectivity index (χ0n) is 14.8. The molecule has 2 saturated carbocycles. The van der Waals surface area contributed by atoms with Crippen LogP contribution in [0.4, 0.5) is 0 Å². The standard InChI is InChI=1S/C19H34ClN3O/c20-15-7-5-14(6-8-15)18-16-3-1-2-4-17(16)19(23-22-18)21-11-13-9-10-24-12-13/h13-19,21-23H,1-12H2. The lowest BCUT2D eigenvalue weighted by atomic mass is 9.67. The average molecular weight is 356 g/mol. The van der Waals surface area contributed by atoms with Gasteiger partial charge in [-0.15, -0.1) is 11.6 Å². The van der Waals surface area contributed by atoms with Crippen LogP contribution in [-0.4, -0.2) is 37.3 Å². The minimum absolute atomic E-state index is 0.419. The van der Waals surface area contributed by atoms with Gasteiger partial charge < -0.3 is 10.1 Å². The third kappa shape index (κ3) is 3.93. The summed E-state index contributed by atoms with van der Waals surface area (Å²) in [6, 6.07) is 0.646. The Morgan fingerprint density at radius 1 is 0.917 bits per heavy atom. The second-order valence-corrected chi connectivity index (χ2v) is 9.17. The largest absolute Gasteiger partial charge is 0.381 e. The topological polar surface area (TPSA) is 45.3 Å². The molecule has 0 bridgehead atoms. The highest BCUT2D eigenvalue weighted by Gasteiger charge is 2.43. The van der Waals surface area contributed by atoms with Gasteiger partial charge in [0.2, 0.25) is 0 Å². The Hall–Kier alpha value is 0.130. The summed E-state index contributed by atoms with van der Waals surface area (Å²) in [6.07, 6.45) is 12.2. The summed E-state index contributed by atoms with van der Waals surface area (Å²) in [6.45, 7) is 2.97. The first kappa shape index (κ1) is 17.5. The molecule has 5 unspecified atom stereocenters. The molecule has 3 N–H and O–H groups in total. The normalized spacial score (nSPS) is 46.6. The van der Waals surface area contributed by atoms with Crippen molar-refractivity contribution in [3.05, 3.63) is 0 Å². The number of rotatable bonds is 4. The van der Waals surface area contributed by atoms with E-state index in [1.54, 1.807) is 0 Å². The zero-order valence-corrected chi connectivity index (χ0v) is 15.6. The summed E-state index contributed by atoms with van der Waals surface area (Å²) in [5.41, 5.74) is 7.41. The molecule has 0 aromatic heterocycles. The molecule has 2 aliphatic carbocycles. The highest BCUT2D eigenvalue weighted by molar-refractivity contribution is 6.20. The first-order valence-electron chi connectivity index (χ1n) is 10.3. The smallest absolute Gasteiger partial charge is 0.0736 e. The fourth-order valence-electron chi connectivity index (χ4n) is 5.59. The highest BCUT2D eigenvalue weighted by Crippen LogP contribution is 2.41. The molecule has 5 atom stereocenters. The van der Waals surface area contributed by atoms with Gasteiger partial charge in [-0.25, -0.2) is 5.43 Å². The monoisotopic (exact) mass is 355 g/mol. The van der Waals surface area contributed by atoms with Crippen molar-refractivity contribution >= 4 is 11.6 Å². The van der Waals surface area contributed by atoms with E-state index in [0.29, 0.717) is 23.5 Å². The van der Waals surface area contributed by atoms with Gasteiger partial charge in [-0.3, -0.25) is 5.43 Å². The number of fused-ring (bicyclic) bond motifs is 1. The molecule has 4 aliphatic rings. The quantitative estimate of drug-likeness (QED) is 0.678. The summed E-state index contributed by atoms with van der Waals surface area (Å²) < 4.78 is 5.52. The second-order valence-electron chi connectivity index (χ2n) is 8.55. The molecule has 0 aromatic carbocycles. The molecule has 5 heteroatoms. The lowest BCUT2D eigenvalue weighted by Crippen LogP contribution is -2.67. The van der Waals surface area contributed by atoms with E-state index in [1.807, 2.05) is 0 Å². The van der Waals surface area contributed by atoms with Crippen LogP contribution < -0.4 is 16.2 Å². The maximum absolute atomic E-state index is 6.33. The van der Waals surface area contributed by atoms with Gasteiger partial charge in [0.25, 0.3) is 0 Å². The molecule has 0 aromatic rings. The van der Waals surface area contributed by atoms with E-state index < -0.39 is 0 Å². The minimum Gasteiger partial charge on any atom is -0.381 e. The Morgan fingerprint density at radius 2 is 1.71 bits per heavy atom. The maximum Gasteiger partial charge on any atom is 0.0736 e. The summed E-state index contributed by atoms with van der Waals surface area (Å²) >= 11 is 6.33. The SMILES string of the molecule is ClC1CCC(C2NNC(NCC3CCOC3)C3CCCCC32)CC1. The first-order chi connectivity index (χ1) is 11.8. The number of hydrogen-bond donors (Lipinski definition) is 3. The molecule has 2 heterocycles. The molecular weight excluding hydrogens is 322 g/mol. The van der Waals surface area contributed by atoms with E-state index in [0.717, 1.165) is 37.5 Å². The summed E-state index contributed by atoms with van der Waals surface area (Å²) in [7, 11) is 0. The van der Waals surface area contributed by atoms with E-state index in [-0.39, 0.29) is 0 Å². The van der Waals surface area contributed by atoms with Crippen molar-refractivity contribution in [3.8, 4) is 0 Å². The van der Waals surface area contributed by atoms with Crippen LogP contribution in [0.15, 0.2) is 0 Å². The lowest BCUT2D eigenvalue weighted by Gasteiger charge is -2.50. The molecule has 24 heavy (non-hydrogen) atoms. The van der Waals surface area contributed by atoms with Crippen molar-refractivity contribution in [2.75, 3.05) is 19.8 Å². The Bertz CT molecular complexity index is 396. The zero-order chi connectivity index (χ0) is 16.4. The van der Waals surface area contributed by atoms with Crippen LogP contribution in [0, 0.1) is 23.7 Å². The van der Waals surface area contributed by atoms with E-state index in [9.17, 15) is 0 Å². The van der Waals surface area contributed by atoms with Crippen molar-refractivity contribution in [2.24, 2.45) is 23.7 Å². The van der Waals surface area contributed by atoms with Crippen LogP contribution in [0.25, 0.3) is 0 Å². The van der Waals surface area contributed by atoms with Gasteiger partial charge in [0, 0.05) is 24.6 Å². The first-order valence-corrected chi connectivity index (χ1v) is 10.7. The molecule has 4 fully saturated rings. The van der Waals surface area contributed by atoms with Crippen LogP contribution in [0.3, 0.4) is 0 Å². The van der Waals surface area contributed by atoms with E-state index >= 15 is 0 Å². The van der Waals surface area contributed by atoms with Gasteiger partial charge in [-0.2, -0.15) is 0 Å². The van der Waals surface area contributed by atoms with Gasteiger partial charge in [-0.05, 0) is 68.6 Å². The number of hydrazine groups is 1. The van der Waals surface area contributed by atoms with E-state index in [1.165, 1.54) is 57.8 Å². The lowest BCUT2D eigenvalue weighted by molar-refractivity contribution is 0.0233. The van der Waals surface area contributed by atoms with Crippen LogP contribution in [-0.2, 0) is 4.74 Å². The van der Waals surface area contributed by atoms with E-state index in [4.69, 9.17) is 16.3 Å². The van der Waals surface area contributed by atoms with Crippen molar-refractivity contribution in [2.45, 2.75) is 75.4 Å². The van der Waals surface area contributed by atoms with Gasteiger partial charge in [-0.1, -0.05) is 12.8 Å². The molecule has 4 rings (SSSR count). The second kappa shape index (κ2) is 8.22. The number of alkyl halides is 1. The van der Waals surface area contributed by atoms with Gasteiger partial charge >= 0.3 is 0 Å². The third-order valence-corrected chi connectivity index (χ3v) is 7.47. The molecule has 2 saturated heterocycles. The fourth-order valence-corrected chi connectivity index (χ4v) is 5.85. The van der Waals surface area contributed by atoms with Crippen LogP contribution in [0.1, 0.15) is 57.8 Å². The molecule has 0 radical (unpaired) electrons. The average Bonchev–Trinajstić information content (AvgIpc) is 3.14. The Balaban J connectivity index is 1.36. The predicted molar refractivity (Wildman–Crippen MR) is 97.8 cm³/mol. The summed E-state index contributed by atoms with van der Waals surface area (Å²) in [5.74, 6) is 3.11. The fraction of sp³-hybridized carbons (Fsp3) is 1.00. The molecule has 0 amide bonds.